The molecular weight excluding hydrogens is 346 g/mol. The van der Waals surface area contributed by atoms with Crippen molar-refractivity contribution in [1.82, 2.24) is 25.2 Å². The maximum absolute atomic E-state index is 12.7. The monoisotopic (exact) mass is 379 g/mol. The standard InChI is InChI=1S/C19H33N5O3/c1-6-14(7-2)17(25)23-10-8-9-16(13-23)24-12-15(21-22-24)11-20-18(26)27-19(3,4)5/h12,14,16H,6-11,13H2,1-5H3,(H,20,26). The summed E-state index contributed by atoms with van der Waals surface area (Å²) in [5, 5.41) is 11.0. The molecule has 0 aliphatic carbocycles. The van der Waals surface area contributed by atoms with Crippen molar-refractivity contribution in [2.75, 3.05) is 13.1 Å². The molecule has 1 atom stereocenters. The summed E-state index contributed by atoms with van der Waals surface area (Å²) >= 11 is 0. The fourth-order valence-electron chi connectivity index (χ4n) is 3.32. The molecule has 8 nitrogen and oxygen atoms in total. The molecule has 1 aliphatic heterocycles. The van der Waals surface area contributed by atoms with E-state index in [0.717, 1.165) is 32.2 Å². The van der Waals surface area contributed by atoms with Crippen molar-refractivity contribution in [1.29, 1.82) is 0 Å². The van der Waals surface area contributed by atoms with Gasteiger partial charge in [0.25, 0.3) is 0 Å². The number of nitrogens with one attached hydrogen (secondary N) is 1. The highest BCUT2D eigenvalue weighted by molar-refractivity contribution is 5.78. The molecule has 0 aromatic carbocycles. The largest absolute Gasteiger partial charge is 0.444 e. The summed E-state index contributed by atoms with van der Waals surface area (Å²) in [7, 11) is 0. The lowest BCUT2D eigenvalue weighted by Crippen LogP contribution is -2.43. The van der Waals surface area contributed by atoms with Gasteiger partial charge in [0.1, 0.15) is 11.3 Å². The number of carbonyl (C=O) groups excluding carboxylic acids is 2. The SMILES string of the molecule is CCC(CC)C(=O)N1CCCC(n2cc(CNC(=O)OC(C)(C)C)nn2)C1. The van der Waals surface area contributed by atoms with E-state index in [4.69, 9.17) is 4.74 Å². The minimum atomic E-state index is -0.533. The Labute approximate surface area is 161 Å². The third kappa shape index (κ3) is 6.22. The lowest BCUT2D eigenvalue weighted by Gasteiger charge is -2.34. The first kappa shape index (κ1) is 21.2. The summed E-state index contributed by atoms with van der Waals surface area (Å²) < 4.78 is 7.04. The van der Waals surface area contributed by atoms with Crippen LogP contribution in [0, 0.1) is 5.92 Å². The zero-order valence-corrected chi connectivity index (χ0v) is 17.2. The zero-order valence-electron chi connectivity index (χ0n) is 17.2. The fourth-order valence-corrected chi connectivity index (χ4v) is 3.32. The zero-order chi connectivity index (χ0) is 20.0. The Hall–Kier alpha value is -2.12. The van der Waals surface area contributed by atoms with Gasteiger partial charge in [0, 0.05) is 19.0 Å². The van der Waals surface area contributed by atoms with Gasteiger partial charge in [-0.05, 0) is 46.5 Å². The molecule has 2 heterocycles. The van der Waals surface area contributed by atoms with Crippen LogP contribution in [0.15, 0.2) is 6.20 Å². The van der Waals surface area contributed by atoms with E-state index in [1.807, 2.05) is 36.5 Å². The molecule has 1 aromatic heterocycles. The van der Waals surface area contributed by atoms with E-state index in [9.17, 15) is 9.59 Å². The Morgan fingerprint density at radius 1 is 1.33 bits per heavy atom. The second-order valence-corrected chi connectivity index (χ2v) is 8.14. The number of nitrogens with zero attached hydrogens (tertiary/aromatic N) is 4. The van der Waals surface area contributed by atoms with Gasteiger partial charge in [-0.2, -0.15) is 0 Å². The molecule has 0 spiro atoms. The molecule has 8 heteroatoms. The van der Waals surface area contributed by atoms with Gasteiger partial charge in [-0.25, -0.2) is 9.48 Å². The third-order valence-corrected chi connectivity index (χ3v) is 4.79. The minimum absolute atomic E-state index is 0.105. The Kier molecular flexibility index (Phi) is 7.21. The highest BCUT2D eigenvalue weighted by Crippen LogP contribution is 2.23. The maximum Gasteiger partial charge on any atom is 0.407 e. The average Bonchev–Trinajstić information content (AvgIpc) is 3.09. The van der Waals surface area contributed by atoms with Crippen molar-refractivity contribution in [2.45, 2.75) is 78.5 Å². The lowest BCUT2D eigenvalue weighted by molar-refractivity contribution is -0.137. The summed E-state index contributed by atoms with van der Waals surface area (Å²) in [6, 6.07) is 0.125. The number of alkyl carbamates (subject to hydrolysis) is 1. The number of hydrogen-bond acceptors (Lipinski definition) is 5. The number of ether oxygens (including phenoxy) is 1. The first-order chi connectivity index (χ1) is 12.7. The van der Waals surface area contributed by atoms with Crippen molar-refractivity contribution < 1.29 is 14.3 Å². The number of carbonyl (C=O) groups is 2. The van der Waals surface area contributed by atoms with Crippen LogP contribution in [0.5, 0.6) is 0 Å². The van der Waals surface area contributed by atoms with E-state index < -0.39 is 11.7 Å². The molecule has 27 heavy (non-hydrogen) atoms. The highest BCUT2D eigenvalue weighted by atomic mass is 16.6. The molecule has 2 amide bonds. The van der Waals surface area contributed by atoms with Crippen LogP contribution >= 0.6 is 0 Å². The molecular formula is C19H33N5O3. The van der Waals surface area contributed by atoms with Crippen molar-refractivity contribution in [3.8, 4) is 0 Å². The molecule has 152 valence electrons. The summed E-state index contributed by atoms with van der Waals surface area (Å²) in [6.45, 7) is 11.3. The van der Waals surface area contributed by atoms with Crippen molar-refractivity contribution in [3.05, 3.63) is 11.9 Å². The first-order valence-electron chi connectivity index (χ1n) is 9.89. The molecule has 1 unspecified atom stereocenters. The second-order valence-electron chi connectivity index (χ2n) is 8.14. The van der Waals surface area contributed by atoms with Crippen LogP contribution in [-0.4, -0.2) is 50.6 Å². The van der Waals surface area contributed by atoms with Crippen LogP contribution in [0.2, 0.25) is 0 Å². The molecule has 2 rings (SSSR count). The Balaban J connectivity index is 1.91. The molecule has 0 saturated carbocycles. The van der Waals surface area contributed by atoms with Gasteiger partial charge in [0.15, 0.2) is 0 Å². The number of rotatable bonds is 6. The fraction of sp³-hybridized carbons (Fsp3) is 0.789. The third-order valence-electron chi connectivity index (χ3n) is 4.79. The molecule has 1 saturated heterocycles. The number of amides is 2. The van der Waals surface area contributed by atoms with Crippen molar-refractivity contribution >= 4 is 12.0 Å². The predicted octanol–water partition coefficient (Wildman–Crippen LogP) is 2.90. The topological polar surface area (TPSA) is 89.4 Å². The molecule has 1 N–H and O–H groups in total. The number of likely N-dealkylation sites (tertiary alicyclic amines) is 1. The Morgan fingerprint density at radius 3 is 2.67 bits per heavy atom. The van der Waals surface area contributed by atoms with E-state index in [-0.39, 0.29) is 24.4 Å². The van der Waals surface area contributed by atoms with Gasteiger partial charge in [-0.15, -0.1) is 5.10 Å². The van der Waals surface area contributed by atoms with Gasteiger partial charge in [0.05, 0.1) is 18.8 Å². The van der Waals surface area contributed by atoms with E-state index in [2.05, 4.69) is 29.5 Å². The molecule has 1 aliphatic rings. The Morgan fingerprint density at radius 2 is 2.04 bits per heavy atom. The first-order valence-corrected chi connectivity index (χ1v) is 9.89. The quantitative estimate of drug-likeness (QED) is 0.821. The van der Waals surface area contributed by atoms with Gasteiger partial charge in [0.2, 0.25) is 5.91 Å². The normalized spacial score (nSPS) is 17.9. The van der Waals surface area contributed by atoms with Crippen LogP contribution in [0.3, 0.4) is 0 Å². The maximum atomic E-state index is 12.7. The van der Waals surface area contributed by atoms with Gasteiger partial charge < -0.3 is 15.0 Å². The van der Waals surface area contributed by atoms with Crippen LogP contribution in [0.25, 0.3) is 0 Å². The number of aromatic nitrogens is 3. The molecule has 0 bridgehead atoms. The minimum Gasteiger partial charge on any atom is -0.444 e. The summed E-state index contributed by atoms with van der Waals surface area (Å²) in [4.78, 5) is 26.4. The summed E-state index contributed by atoms with van der Waals surface area (Å²) in [6.07, 6.45) is 5.04. The number of piperidine rings is 1. The second kappa shape index (κ2) is 9.19. The van der Waals surface area contributed by atoms with Crippen LogP contribution in [-0.2, 0) is 16.1 Å². The van der Waals surface area contributed by atoms with Gasteiger partial charge in [-0.1, -0.05) is 19.1 Å². The predicted molar refractivity (Wildman–Crippen MR) is 102 cm³/mol. The van der Waals surface area contributed by atoms with E-state index >= 15 is 0 Å². The average molecular weight is 380 g/mol. The number of hydrogen-bond donors (Lipinski definition) is 1. The van der Waals surface area contributed by atoms with Crippen LogP contribution in [0.1, 0.15) is 72.0 Å². The van der Waals surface area contributed by atoms with Crippen LogP contribution < -0.4 is 5.32 Å². The highest BCUT2D eigenvalue weighted by Gasteiger charge is 2.28. The van der Waals surface area contributed by atoms with Gasteiger partial charge >= 0.3 is 6.09 Å². The van der Waals surface area contributed by atoms with Crippen LogP contribution in [0.4, 0.5) is 4.79 Å². The van der Waals surface area contributed by atoms with E-state index in [0.29, 0.717) is 12.2 Å². The summed E-state index contributed by atoms with van der Waals surface area (Å²) in [5.74, 6) is 0.352. The smallest absolute Gasteiger partial charge is 0.407 e. The summed E-state index contributed by atoms with van der Waals surface area (Å²) in [5.41, 5.74) is 0.138. The Bertz CT molecular complexity index is 634. The van der Waals surface area contributed by atoms with Crippen molar-refractivity contribution in [3.63, 3.8) is 0 Å². The van der Waals surface area contributed by atoms with E-state index in [1.165, 1.54) is 0 Å². The van der Waals surface area contributed by atoms with Gasteiger partial charge in [-0.3, -0.25) is 4.79 Å². The molecule has 1 aromatic rings. The van der Waals surface area contributed by atoms with E-state index in [1.54, 1.807) is 0 Å². The molecule has 0 radical (unpaired) electrons. The van der Waals surface area contributed by atoms with Crippen molar-refractivity contribution in [2.24, 2.45) is 5.92 Å². The molecule has 1 fully saturated rings. The lowest BCUT2D eigenvalue weighted by atomic mass is 9.98.